The molecule has 0 aromatic heterocycles. The Morgan fingerprint density at radius 3 is 2.31 bits per heavy atom. The van der Waals surface area contributed by atoms with Crippen LogP contribution in [0.3, 0.4) is 0 Å². The summed E-state index contributed by atoms with van der Waals surface area (Å²) in [6.07, 6.45) is 1.01. The van der Waals surface area contributed by atoms with Crippen molar-refractivity contribution in [1.29, 1.82) is 0 Å². The standard InChI is InChI=1S/C10H14F2O/c1-2-9(13)7-3-5-8(6-4-7)10(11)12/h7H,2-6H2,1H3. The fourth-order valence-corrected chi connectivity index (χ4v) is 1.77. The maximum atomic E-state index is 12.1. The van der Waals surface area contributed by atoms with Crippen molar-refractivity contribution >= 4 is 5.78 Å². The molecule has 0 unspecified atom stereocenters. The average Bonchev–Trinajstić information content (AvgIpc) is 2.17. The number of ketones is 1. The van der Waals surface area contributed by atoms with Crippen LogP contribution in [0, 0.1) is 5.92 Å². The molecule has 0 aliphatic heterocycles. The van der Waals surface area contributed by atoms with Gasteiger partial charge in [-0.15, -0.1) is 0 Å². The molecule has 0 heterocycles. The van der Waals surface area contributed by atoms with E-state index in [1.807, 2.05) is 6.92 Å². The second-order valence-electron chi connectivity index (χ2n) is 3.46. The van der Waals surface area contributed by atoms with Crippen LogP contribution >= 0.6 is 0 Å². The van der Waals surface area contributed by atoms with Crippen LogP contribution in [0.25, 0.3) is 0 Å². The van der Waals surface area contributed by atoms with E-state index >= 15 is 0 Å². The first kappa shape index (κ1) is 10.4. The molecular formula is C10H14F2O. The van der Waals surface area contributed by atoms with Gasteiger partial charge in [-0.1, -0.05) is 6.92 Å². The Hall–Kier alpha value is -0.730. The summed E-state index contributed by atoms with van der Waals surface area (Å²) in [6, 6.07) is 0. The van der Waals surface area contributed by atoms with E-state index in [0.29, 0.717) is 32.1 Å². The third-order valence-electron chi connectivity index (χ3n) is 2.66. The summed E-state index contributed by atoms with van der Waals surface area (Å²) in [7, 11) is 0. The SMILES string of the molecule is CCC(=O)C1CCC(=C(F)F)CC1. The van der Waals surface area contributed by atoms with Crippen molar-refractivity contribution in [1.82, 2.24) is 0 Å². The Morgan fingerprint density at radius 2 is 1.92 bits per heavy atom. The van der Waals surface area contributed by atoms with Gasteiger partial charge in [0.1, 0.15) is 5.78 Å². The molecule has 0 atom stereocenters. The van der Waals surface area contributed by atoms with Gasteiger partial charge in [0.15, 0.2) is 0 Å². The van der Waals surface area contributed by atoms with Crippen LogP contribution in [0.1, 0.15) is 39.0 Å². The highest BCUT2D eigenvalue weighted by Crippen LogP contribution is 2.31. The molecule has 0 amide bonds. The van der Waals surface area contributed by atoms with Crippen LogP contribution in [-0.4, -0.2) is 5.78 Å². The van der Waals surface area contributed by atoms with Crippen molar-refractivity contribution in [3.63, 3.8) is 0 Å². The Balaban J connectivity index is 2.48. The molecule has 1 aliphatic rings. The van der Waals surface area contributed by atoms with E-state index < -0.39 is 6.08 Å². The Bertz CT molecular complexity index is 219. The fraction of sp³-hybridized carbons (Fsp3) is 0.700. The van der Waals surface area contributed by atoms with Gasteiger partial charge in [0.25, 0.3) is 6.08 Å². The van der Waals surface area contributed by atoms with E-state index in [1.165, 1.54) is 0 Å². The summed E-state index contributed by atoms with van der Waals surface area (Å²) < 4.78 is 24.3. The minimum atomic E-state index is -1.54. The molecular weight excluding hydrogens is 174 g/mol. The predicted molar refractivity (Wildman–Crippen MR) is 46.5 cm³/mol. The van der Waals surface area contributed by atoms with Crippen LogP contribution in [0.2, 0.25) is 0 Å². The number of carbonyl (C=O) groups excluding carboxylic acids is 1. The second-order valence-corrected chi connectivity index (χ2v) is 3.46. The van der Waals surface area contributed by atoms with E-state index in [0.717, 1.165) is 0 Å². The summed E-state index contributed by atoms with van der Waals surface area (Å²) in [5.74, 6) is 0.256. The fourth-order valence-electron chi connectivity index (χ4n) is 1.77. The third kappa shape index (κ3) is 2.61. The molecule has 1 nitrogen and oxygen atoms in total. The summed E-state index contributed by atoms with van der Waals surface area (Å²) >= 11 is 0. The zero-order valence-corrected chi connectivity index (χ0v) is 7.78. The summed E-state index contributed by atoms with van der Waals surface area (Å²) in [5, 5.41) is 0. The van der Waals surface area contributed by atoms with Crippen molar-refractivity contribution in [2.45, 2.75) is 39.0 Å². The molecule has 1 rings (SSSR count). The largest absolute Gasteiger partial charge is 0.299 e. The van der Waals surface area contributed by atoms with Gasteiger partial charge < -0.3 is 0 Å². The maximum Gasteiger partial charge on any atom is 0.269 e. The number of carbonyl (C=O) groups is 1. The van der Waals surface area contributed by atoms with E-state index in [9.17, 15) is 13.6 Å². The van der Waals surface area contributed by atoms with Gasteiger partial charge in [0.05, 0.1) is 0 Å². The number of rotatable bonds is 2. The number of hydrogen-bond acceptors (Lipinski definition) is 1. The highest BCUT2D eigenvalue weighted by Gasteiger charge is 2.23. The summed E-state index contributed by atoms with van der Waals surface area (Å²) in [6.45, 7) is 1.82. The van der Waals surface area contributed by atoms with Gasteiger partial charge in [0.2, 0.25) is 0 Å². The zero-order valence-electron chi connectivity index (χ0n) is 7.78. The molecule has 0 N–H and O–H groups in total. The van der Waals surface area contributed by atoms with Crippen molar-refractivity contribution in [3.8, 4) is 0 Å². The lowest BCUT2D eigenvalue weighted by molar-refractivity contribution is -0.123. The number of allylic oxidation sites excluding steroid dienone is 1. The average molecular weight is 188 g/mol. The Kier molecular flexibility index (Phi) is 3.58. The molecule has 0 saturated heterocycles. The molecule has 1 aliphatic carbocycles. The van der Waals surface area contributed by atoms with Crippen LogP contribution in [0.15, 0.2) is 11.7 Å². The maximum absolute atomic E-state index is 12.1. The predicted octanol–water partition coefficient (Wildman–Crippen LogP) is 3.31. The van der Waals surface area contributed by atoms with E-state index in [2.05, 4.69) is 0 Å². The van der Waals surface area contributed by atoms with Gasteiger partial charge in [-0.05, 0) is 31.3 Å². The molecule has 0 spiro atoms. The summed E-state index contributed by atoms with van der Waals surface area (Å²) in [5.41, 5.74) is 0.250. The first-order chi connectivity index (χ1) is 6.15. The molecule has 3 heteroatoms. The van der Waals surface area contributed by atoms with Crippen LogP contribution in [-0.2, 0) is 4.79 Å². The molecule has 0 bridgehead atoms. The smallest absolute Gasteiger partial charge is 0.269 e. The van der Waals surface area contributed by atoms with Gasteiger partial charge in [-0.2, -0.15) is 8.78 Å². The Morgan fingerprint density at radius 1 is 1.38 bits per heavy atom. The molecule has 0 aromatic rings. The lowest BCUT2D eigenvalue weighted by Crippen LogP contribution is -2.17. The monoisotopic (exact) mass is 188 g/mol. The molecule has 1 saturated carbocycles. The normalized spacial score (nSPS) is 23.0. The first-order valence-corrected chi connectivity index (χ1v) is 4.71. The van der Waals surface area contributed by atoms with Gasteiger partial charge in [-0.3, -0.25) is 4.79 Å². The van der Waals surface area contributed by atoms with Crippen molar-refractivity contribution in [3.05, 3.63) is 11.7 Å². The first-order valence-electron chi connectivity index (χ1n) is 4.71. The van der Waals surface area contributed by atoms with Gasteiger partial charge in [0, 0.05) is 12.3 Å². The lowest BCUT2D eigenvalue weighted by Gasteiger charge is -2.21. The molecule has 13 heavy (non-hydrogen) atoms. The lowest BCUT2D eigenvalue weighted by atomic mass is 9.83. The zero-order chi connectivity index (χ0) is 9.84. The van der Waals surface area contributed by atoms with Crippen LogP contribution in [0.4, 0.5) is 8.78 Å². The highest BCUT2D eigenvalue weighted by molar-refractivity contribution is 5.80. The van der Waals surface area contributed by atoms with Crippen molar-refractivity contribution < 1.29 is 13.6 Å². The molecule has 74 valence electrons. The van der Waals surface area contributed by atoms with Crippen LogP contribution < -0.4 is 0 Å². The van der Waals surface area contributed by atoms with E-state index in [4.69, 9.17) is 0 Å². The van der Waals surface area contributed by atoms with E-state index in [1.54, 1.807) is 0 Å². The third-order valence-corrected chi connectivity index (χ3v) is 2.66. The van der Waals surface area contributed by atoms with Gasteiger partial charge >= 0.3 is 0 Å². The minimum absolute atomic E-state index is 0.0353. The quantitative estimate of drug-likeness (QED) is 0.649. The second kappa shape index (κ2) is 4.49. The molecule has 0 radical (unpaired) electrons. The number of hydrogen-bond donors (Lipinski definition) is 0. The number of halogens is 2. The van der Waals surface area contributed by atoms with Crippen LogP contribution in [0.5, 0.6) is 0 Å². The highest BCUT2D eigenvalue weighted by atomic mass is 19.3. The van der Waals surface area contributed by atoms with Gasteiger partial charge in [-0.25, -0.2) is 0 Å². The minimum Gasteiger partial charge on any atom is -0.299 e. The van der Waals surface area contributed by atoms with Crippen molar-refractivity contribution in [2.75, 3.05) is 0 Å². The Labute approximate surface area is 76.8 Å². The molecule has 0 aromatic carbocycles. The van der Waals surface area contributed by atoms with Crippen molar-refractivity contribution in [2.24, 2.45) is 5.92 Å². The summed E-state index contributed by atoms with van der Waals surface area (Å²) in [4.78, 5) is 11.2. The number of Topliss-reactive ketones (excluding diaryl/α,β-unsaturated/α-hetero) is 1. The topological polar surface area (TPSA) is 17.1 Å². The molecule has 1 fully saturated rings. The van der Waals surface area contributed by atoms with E-state index in [-0.39, 0.29) is 17.3 Å².